The molecule has 10 heteroatoms. The van der Waals surface area contributed by atoms with Crippen molar-refractivity contribution < 1.29 is 22.7 Å². The molecule has 1 atom stereocenters. The maximum absolute atomic E-state index is 12.4. The molecule has 2 amide bonds. The van der Waals surface area contributed by atoms with Crippen molar-refractivity contribution in [1.29, 1.82) is 0 Å². The van der Waals surface area contributed by atoms with Gasteiger partial charge in [0.2, 0.25) is 21.8 Å². The Morgan fingerprint density at radius 2 is 2.08 bits per heavy atom. The zero-order chi connectivity index (χ0) is 18.4. The minimum absolute atomic E-state index is 0.00254. The summed E-state index contributed by atoms with van der Waals surface area (Å²) >= 11 is 0. The number of amides is 2. The smallest absolute Gasteiger partial charge is 0.245 e. The molecule has 1 unspecified atom stereocenters. The van der Waals surface area contributed by atoms with Gasteiger partial charge in [0.25, 0.3) is 0 Å². The van der Waals surface area contributed by atoms with E-state index in [-0.39, 0.29) is 10.8 Å². The van der Waals surface area contributed by atoms with E-state index in [2.05, 4.69) is 10.3 Å². The number of aromatic nitrogens is 1. The Hall–Kier alpha value is -2.04. The second-order valence-corrected chi connectivity index (χ2v) is 7.72. The van der Waals surface area contributed by atoms with E-state index in [1.165, 1.54) is 31.6 Å². The molecule has 0 radical (unpaired) electrons. The van der Waals surface area contributed by atoms with Crippen LogP contribution in [0.15, 0.2) is 29.4 Å². The number of rotatable bonds is 6. The van der Waals surface area contributed by atoms with Crippen LogP contribution in [0.3, 0.4) is 0 Å². The Morgan fingerprint density at radius 1 is 1.40 bits per heavy atom. The first-order chi connectivity index (χ1) is 11.8. The number of carbonyl (C=O) groups excluding carboxylic acids is 2. The number of carbonyl (C=O) groups is 2. The third-order valence-electron chi connectivity index (χ3n) is 3.78. The predicted molar refractivity (Wildman–Crippen MR) is 89.1 cm³/mol. The van der Waals surface area contributed by atoms with Crippen molar-refractivity contribution in [3.63, 3.8) is 0 Å². The number of morpholine rings is 1. The van der Waals surface area contributed by atoms with Crippen LogP contribution < -0.4 is 5.32 Å². The number of ether oxygens (including phenoxy) is 1. The summed E-state index contributed by atoms with van der Waals surface area (Å²) in [6, 6.07) is 2.17. The third kappa shape index (κ3) is 4.97. The highest BCUT2D eigenvalue weighted by molar-refractivity contribution is 7.89. The summed E-state index contributed by atoms with van der Waals surface area (Å²) in [5.74, 6) is -0.765. The molecule has 0 aromatic carbocycles. The molecule has 0 spiro atoms. The fourth-order valence-corrected chi connectivity index (χ4v) is 3.47. The van der Waals surface area contributed by atoms with Gasteiger partial charge in [-0.15, -0.1) is 0 Å². The van der Waals surface area contributed by atoms with Gasteiger partial charge in [0.1, 0.15) is 10.9 Å². The van der Waals surface area contributed by atoms with E-state index in [0.29, 0.717) is 26.3 Å². The number of likely N-dealkylation sites (N-methyl/N-ethyl adjacent to an activating group) is 1. The summed E-state index contributed by atoms with van der Waals surface area (Å²) in [5.41, 5.74) is 0. The van der Waals surface area contributed by atoms with Gasteiger partial charge in [0.05, 0.1) is 19.8 Å². The van der Waals surface area contributed by atoms with Crippen molar-refractivity contribution in [2.75, 3.05) is 39.9 Å². The summed E-state index contributed by atoms with van der Waals surface area (Å²) in [6.07, 6.45) is 2.68. The van der Waals surface area contributed by atoms with Gasteiger partial charge < -0.3 is 15.0 Å². The third-order valence-corrected chi connectivity index (χ3v) is 5.57. The highest BCUT2D eigenvalue weighted by Crippen LogP contribution is 2.11. The van der Waals surface area contributed by atoms with Gasteiger partial charge in [-0.25, -0.2) is 8.42 Å². The fourth-order valence-electron chi connectivity index (χ4n) is 2.37. The van der Waals surface area contributed by atoms with Crippen LogP contribution in [-0.4, -0.2) is 80.4 Å². The molecule has 138 valence electrons. The lowest BCUT2D eigenvalue weighted by molar-refractivity contribution is -0.139. The second-order valence-electron chi connectivity index (χ2n) is 5.68. The van der Waals surface area contributed by atoms with Crippen LogP contribution in [0, 0.1) is 0 Å². The van der Waals surface area contributed by atoms with E-state index in [1.807, 2.05) is 0 Å². The SMILES string of the molecule is CC(NC(=O)CN(C)S(=O)(=O)c1cccnc1)C(=O)N1CCOCC1. The van der Waals surface area contributed by atoms with Gasteiger partial charge in [-0.05, 0) is 19.1 Å². The maximum Gasteiger partial charge on any atom is 0.245 e. The van der Waals surface area contributed by atoms with Crippen molar-refractivity contribution in [2.24, 2.45) is 0 Å². The average Bonchev–Trinajstić information content (AvgIpc) is 2.62. The first kappa shape index (κ1) is 19.3. The molecule has 1 saturated heterocycles. The van der Waals surface area contributed by atoms with Crippen LogP contribution >= 0.6 is 0 Å². The van der Waals surface area contributed by atoms with Crippen molar-refractivity contribution in [3.05, 3.63) is 24.5 Å². The van der Waals surface area contributed by atoms with E-state index in [0.717, 1.165) is 4.31 Å². The Morgan fingerprint density at radius 3 is 2.68 bits per heavy atom. The molecule has 1 N–H and O–H groups in total. The molecule has 1 aromatic heterocycles. The van der Waals surface area contributed by atoms with Crippen molar-refractivity contribution >= 4 is 21.8 Å². The molecule has 1 aliphatic rings. The molecular formula is C15H22N4O5S. The second kappa shape index (κ2) is 8.37. The van der Waals surface area contributed by atoms with E-state index in [1.54, 1.807) is 11.8 Å². The van der Waals surface area contributed by atoms with Gasteiger partial charge >= 0.3 is 0 Å². The first-order valence-corrected chi connectivity index (χ1v) is 9.28. The number of sulfonamides is 1. The first-order valence-electron chi connectivity index (χ1n) is 7.84. The molecule has 25 heavy (non-hydrogen) atoms. The molecular weight excluding hydrogens is 348 g/mol. The summed E-state index contributed by atoms with van der Waals surface area (Å²) in [6.45, 7) is 3.09. The van der Waals surface area contributed by atoms with Gasteiger partial charge in [-0.3, -0.25) is 14.6 Å². The Kier molecular flexibility index (Phi) is 6.45. The molecule has 0 saturated carbocycles. The van der Waals surface area contributed by atoms with Gasteiger partial charge in [-0.2, -0.15) is 4.31 Å². The minimum atomic E-state index is -3.81. The minimum Gasteiger partial charge on any atom is -0.378 e. The van der Waals surface area contributed by atoms with E-state index < -0.39 is 28.5 Å². The lowest BCUT2D eigenvalue weighted by Gasteiger charge is -2.29. The molecule has 1 aromatic rings. The van der Waals surface area contributed by atoms with E-state index >= 15 is 0 Å². The van der Waals surface area contributed by atoms with Crippen LogP contribution in [-0.2, 0) is 24.3 Å². The Balaban J connectivity index is 1.91. The van der Waals surface area contributed by atoms with E-state index in [4.69, 9.17) is 4.74 Å². The van der Waals surface area contributed by atoms with Gasteiger partial charge in [-0.1, -0.05) is 0 Å². The molecule has 9 nitrogen and oxygen atoms in total. The summed E-state index contributed by atoms with van der Waals surface area (Å²) < 4.78 is 30.8. The standard InChI is InChI=1S/C15H22N4O5S/c1-12(15(21)19-6-8-24-9-7-19)17-14(20)11-18(2)25(22,23)13-4-3-5-16-10-13/h3-5,10,12H,6-9,11H2,1-2H3,(H,17,20). The number of hydrogen-bond acceptors (Lipinski definition) is 6. The Bertz CT molecular complexity index is 704. The zero-order valence-corrected chi connectivity index (χ0v) is 15.0. The number of pyridine rings is 1. The van der Waals surface area contributed by atoms with Crippen LogP contribution in [0.4, 0.5) is 0 Å². The summed E-state index contributed by atoms with van der Waals surface area (Å²) in [4.78, 5) is 29.7. The number of hydrogen-bond donors (Lipinski definition) is 1. The largest absolute Gasteiger partial charge is 0.378 e. The van der Waals surface area contributed by atoms with Crippen LogP contribution in [0.25, 0.3) is 0 Å². The highest BCUT2D eigenvalue weighted by atomic mass is 32.2. The zero-order valence-electron chi connectivity index (χ0n) is 14.2. The van der Waals surface area contributed by atoms with Crippen LogP contribution in [0.2, 0.25) is 0 Å². The maximum atomic E-state index is 12.4. The summed E-state index contributed by atoms with van der Waals surface area (Å²) in [5, 5.41) is 2.54. The Labute approximate surface area is 147 Å². The van der Waals surface area contributed by atoms with Gasteiger partial charge in [0.15, 0.2) is 0 Å². The fraction of sp³-hybridized carbons (Fsp3) is 0.533. The van der Waals surface area contributed by atoms with Crippen LogP contribution in [0.1, 0.15) is 6.92 Å². The lowest BCUT2D eigenvalue weighted by atomic mass is 10.2. The van der Waals surface area contributed by atoms with Crippen molar-refractivity contribution in [2.45, 2.75) is 17.9 Å². The molecule has 0 aliphatic carbocycles. The quantitative estimate of drug-likeness (QED) is 0.693. The molecule has 1 fully saturated rings. The summed E-state index contributed by atoms with van der Waals surface area (Å²) in [7, 11) is -2.51. The van der Waals surface area contributed by atoms with Crippen molar-refractivity contribution in [1.82, 2.24) is 19.5 Å². The topological polar surface area (TPSA) is 109 Å². The van der Waals surface area contributed by atoms with Crippen molar-refractivity contribution in [3.8, 4) is 0 Å². The monoisotopic (exact) mass is 370 g/mol. The molecule has 1 aliphatic heterocycles. The van der Waals surface area contributed by atoms with Gasteiger partial charge in [0, 0.05) is 32.5 Å². The highest BCUT2D eigenvalue weighted by Gasteiger charge is 2.26. The lowest BCUT2D eigenvalue weighted by Crippen LogP contribution is -2.52. The van der Waals surface area contributed by atoms with Crippen LogP contribution in [0.5, 0.6) is 0 Å². The molecule has 2 rings (SSSR count). The molecule has 2 heterocycles. The van der Waals surface area contributed by atoms with E-state index in [9.17, 15) is 18.0 Å². The number of nitrogens with one attached hydrogen (secondary N) is 1. The normalized spacial score (nSPS) is 16.5. The average molecular weight is 370 g/mol. The predicted octanol–water partition coefficient (Wildman–Crippen LogP) is -0.934. The molecule has 0 bridgehead atoms. The number of nitrogens with zero attached hydrogens (tertiary/aromatic N) is 3.